The highest BCUT2D eigenvalue weighted by Crippen LogP contribution is 2.07. The third-order valence-corrected chi connectivity index (χ3v) is 1.47. The van der Waals surface area contributed by atoms with E-state index in [1.54, 1.807) is 0 Å². The fourth-order valence-corrected chi connectivity index (χ4v) is 0.537. The lowest BCUT2D eigenvalue weighted by Gasteiger charge is -2.15. The Morgan fingerprint density at radius 1 is 1.44 bits per heavy atom. The average Bonchev–Trinajstić information content (AvgIpc) is 1.87. The molecule has 9 heavy (non-hydrogen) atoms. The summed E-state index contributed by atoms with van der Waals surface area (Å²) < 4.78 is 4.95. The second-order valence-corrected chi connectivity index (χ2v) is 2.23. The van der Waals surface area contributed by atoms with Crippen LogP contribution in [0.1, 0.15) is 27.2 Å². The average molecular weight is 132 g/mol. The molecule has 0 aliphatic heterocycles. The third-order valence-electron chi connectivity index (χ3n) is 1.47. The zero-order valence-electron chi connectivity index (χ0n) is 6.42. The molecular weight excluding hydrogens is 116 g/mol. The monoisotopic (exact) mass is 132 g/mol. The van der Waals surface area contributed by atoms with Gasteiger partial charge in [-0.1, -0.05) is 13.8 Å². The molecule has 0 aromatic carbocycles. The van der Waals surface area contributed by atoms with Crippen molar-refractivity contribution in [3.8, 4) is 0 Å². The van der Waals surface area contributed by atoms with Crippen molar-refractivity contribution in [1.29, 1.82) is 0 Å². The molecular formula is C7H16O2. The number of ether oxygens (including phenoxy) is 1. The first-order valence-electron chi connectivity index (χ1n) is 3.52. The molecule has 0 aliphatic rings. The SMILES string of the molecule is CCOC(O)[C@@H](C)CC. The minimum absolute atomic E-state index is 0.255. The Hall–Kier alpha value is -0.0800. The summed E-state index contributed by atoms with van der Waals surface area (Å²) >= 11 is 0. The molecule has 2 atom stereocenters. The van der Waals surface area contributed by atoms with E-state index < -0.39 is 6.29 Å². The van der Waals surface area contributed by atoms with Crippen molar-refractivity contribution in [2.24, 2.45) is 5.92 Å². The molecule has 0 amide bonds. The van der Waals surface area contributed by atoms with Crippen LogP contribution in [0.25, 0.3) is 0 Å². The molecule has 0 aromatic rings. The maximum absolute atomic E-state index is 9.10. The summed E-state index contributed by atoms with van der Waals surface area (Å²) in [7, 11) is 0. The molecule has 0 aromatic heterocycles. The molecule has 0 aliphatic carbocycles. The second kappa shape index (κ2) is 4.77. The molecule has 1 unspecified atom stereocenters. The number of aliphatic hydroxyl groups is 1. The lowest BCUT2D eigenvalue weighted by Crippen LogP contribution is -2.20. The smallest absolute Gasteiger partial charge is 0.157 e. The molecule has 2 nitrogen and oxygen atoms in total. The van der Waals surface area contributed by atoms with Crippen molar-refractivity contribution >= 4 is 0 Å². The number of rotatable bonds is 4. The number of aliphatic hydroxyl groups excluding tert-OH is 1. The van der Waals surface area contributed by atoms with E-state index in [1.807, 2.05) is 20.8 Å². The van der Waals surface area contributed by atoms with Gasteiger partial charge in [0.2, 0.25) is 0 Å². The predicted molar refractivity (Wildman–Crippen MR) is 37.1 cm³/mol. The van der Waals surface area contributed by atoms with Crippen LogP contribution in [-0.2, 0) is 4.74 Å². The largest absolute Gasteiger partial charge is 0.368 e. The maximum atomic E-state index is 9.10. The lowest BCUT2D eigenvalue weighted by atomic mass is 10.1. The van der Waals surface area contributed by atoms with Crippen LogP contribution in [-0.4, -0.2) is 18.0 Å². The Labute approximate surface area is 56.8 Å². The molecule has 1 N–H and O–H groups in total. The summed E-state index contributed by atoms with van der Waals surface area (Å²) in [6.07, 6.45) is 0.390. The molecule has 0 rings (SSSR count). The molecule has 0 spiro atoms. The van der Waals surface area contributed by atoms with E-state index in [4.69, 9.17) is 9.84 Å². The predicted octanol–water partition coefficient (Wildman–Crippen LogP) is 1.39. The van der Waals surface area contributed by atoms with Crippen LogP contribution < -0.4 is 0 Å². The third kappa shape index (κ3) is 3.49. The van der Waals surface area contributed by atoms with Gasteiger partial charge in [-0.2, -0.15) is 0 Å². The summed E-state index contributed by atoms with van der Waals surface area (Å²) in [6.45, 7) is 6.48. The fraction of sp³-hybridized carbons (Fsp3) is 1.00. The van der Waals surface area contributed by atoms with Gasteiger partial charge in [0, 0.05) is 12.5 Å². The standard InChI is InChI=1S/C7H16O2/c1-4-6(3)7(8)9-5-2/h6-8H,4-5H2,1-3H3/t6-,7?/m0/s1. The molecule has 0 saturated heterocycles. The van der Waals surface area contributed by atoms with Crippen LogP contribution in [0.3, 0.4) is 0 Å². The van der Waals surface area contributed by atoms with Crippen LogP contribution in [0, 0.1) is 5.92 Å². The van der Waals surface area contributed by atoms with Gasteiger partial charge >= 0.3 is 0 Å². The van der Waals surface area contributed by atoms with Crippen molar-refractivity contribution in [2.75, 3.05) is 6.61 Å². The van der Waals surface area contributed by atoms with Gasteiger partial charge in [0.1, 0.15) is 0 Å². The first-order valence-corrected chi connectivity index (χ1v) is 3.52. The van der Waals surface area contributed by atoms with Crippen LogP contribution in [0.4, 0.5) is 0 Å². The molecule has 0 radical (unpaired) electrons. The van der Waals surface area contributed by atoms with Gasteiger partial charge in [0.15, 0.2) is 6.29 Å². The van der Waals surface area contributed by atoms with E-state index in [2.05, 4.69) is 0 Å². The highest BCUT2D eigenvalue weighted by molar-refractivity contribution is 4.50. The Bertz CT molecular complexity index is 63.9. The van der Waals surface area contributed by atoms with E-state index >= 15 is 0 Å². The first kappa shape index (κ1) is 8.92. The number of hydrogen-bond donors (Lipinski definition) is 1. The normalized spacial score (nSPS) is 17.3. The van der Waals surface area contributed by atoms with E-state index in [1.165, 1.54) is 0 Å². The van der Waals surface area contributed by atoms with Gasteiger partial charge in [0.05, 0.1) is 0 Å². The van der Waals surface area contributed by atoms with Gasteiger partial charge in [-0.3, -0.25) is 0 Å². The zero-order valence-corrected chi connectivity index (χ0v) is 6.42. The second-order valence-electron chi connectivity index (χ2n) is 2.23. The number of hydrogen-bond acceptors (Lipinski definition) is 2. The summed E-state index contributed by atoms with van der Waals surface area (Å²) in [5.41, 5.74) is 0. The first-order chi connectivity index (χ1) is 4.22. The minimum atomic E-state index is -0.569. The van der Waals surface area contributed by atoms with Crippen molar-refractivity contribution < 1.29 is 9.84 Å². The van der Waals surface area contributed by atoms with Crippen molar-refractivity contribution in [3.05, 3.63) is 0 Å². The van der Waals surface area contributed by atoms with Gasteiger partial charge in [0.25, 0.3) is 0 Å². The fourth-order valence-electron chi connectivity index (χ4n) is 0.537. The van der Waals surface area contributed by atoms with Gasteiger partial charge in [-0.25, -0.2) is 0 Å². The molecule has 0 bridgehead atoms. The van der Waals surface area contributed by atoms with E-state index in [-0.39, 0.29) is 5.92 Å². The summed E-state index contributed by atoms with van der Waals surface area (Å²) in [5.74, 6) is 0.255. The molecule has 0 saturated carbocycles. The highest BCUT2D eigenvalue weighted by atomic mass is 16.6. The van der Waals surface area contributed by atoms with E-state index in [0.29, 0.717) is 6.61 Å². The summed E-state index contributed by atoms with van der Waals surface area (Å²) in [4.78, 5) is 0. The molecule has 0 fully saturated rings. The minimum Gasteiger partial charge on any atom is -0.368 e. The topological polar surface area (TPSA) is 29.5 Å². The van der Waals surface area contributed by atoms with Gasteiger partial charge in [-0.05, 0) is 13.3 Å². The van der Waals surface area contributed by atoms with Gasteiger partial charge < -0.3 is 9.84 Å². The quantitative estimate of drug-likeness (QED) is 0.586. The van der Waals surface area contributed by atoms with Crippen LogP contribution in [0.5, 0.6) is 0 Å². The van der Waals surface area contributed by atoms with Crippen molar-refractivity contribution in [3.63, 3.8) is 0 Å². The van der Waals surface area contributed by atoms with Crippen LogP contribution in [0.15, 0.2) is 0 Å². The van der Waals surface area contributed by atoms with Crippen LogP contribution in [0.2, 0.25) is 0 Å². The highest BCUT2D eigenvalue weighted by Gasteiger charge is 2.10. The van der Waals surface area contributed by atoms with Gasteiger partial charge in [-0.15, -0.1) is 0 Å². The van der Waals surface area contributed by atoms with Crippen molar-refractivity contribution in [2.45, 2.75) is 33.5 Å². The van der Waals surface area contributed by atoms with Crippen molar-refractivity contribution in [1.82, 2.24) is 0 Å². The molecule has 0 heterocycles. The van der Waals surface area contributed by atoms with E-state index in [0.717, 1.165) is 6.42 Å². The van der Waals surface area contributed by atoms with E-state index in [9.17, 15) is 0 Å². The Morgan fingerprint density at radius 3 is 2.33 bits per heavy atom. The summed E-state index contributed by atoms with van der Waals surface area (Å²) in [6, 6.07) is 0. The maximum Gasteiger partial charge on any atom is 0.157 e. The lowest BCUT2D eigenvalue weighted by molar-refractivity contribution is -0.126. The Morgan fingerprint density at radius 2 is 2.00 bits per heavy atom. The van der Waals surface area contributed by atoms with Crippen LogP contribution >= 0.6 is 0 Å². The summed E-state index contributed by atoms with van der Waals surface area (Å²) in [5, 5.41) is 9.10. The zero-order chi connectivity index (χ0) is 7.28. The molecule has 56 valence electrons. The Kier molecular flexibility index (Phi) is 4.72. The molecule has 2 heteroatoms. The Balaban J connectivity index is 3.32.